The van der Waals surface area contributed by atoms with Gasteiger partial charge in [0.15, 0.2) is 0 Å². The number of carbonyl (C=O) groups is 1. The summed E-state index contributed by atoms with van der Waals surface area (Å²) in [6.07, 6.45) is 0. The van der Waals surface area contributed by atoms with Crippen LogP contribution in [0.5, 0.6) is 5.75 Å². The van der Waals surface area contributed by atoms with Gasteiger partial charge in [-0.15, -0.1) is 5.10 Å². The van der Waals surface area contributed by atoms with Gasteiger partial charge in [0.1, 0.15) is 5.75 Å². The number of nitrogens with zero attached hydrogens (tertiary/aromatic N) is 4. The van der Waals surface area contributed by atoms with Gasteiger partial charge in [-0.25, -0.2) is 9.50 Å². The number of aromatic nitrogens is 4. The molecule has 0 fully saturated rings. The minimum Gasteiger partial charge on any atom is -0.495 e. The highest BCUT2D eigenvalue weighted by Crippen LogP contribution is 2.26. The normalized spacial score (nSPS) is 12.2. The molecule has 0 aliphatic rings. The van der Waals surface area contributed by atoms with Crippen LogP contribution in [-0.2, 0) is 4.79 Å². The van der Waals surface area contributed by atoms with Crippen LogP contribution in [0.2, 0.25) is 0 Å². The fraction of sp³-hybridized carbons (Fsp3) is 0.294. The van der Waals surface area contributed by atoms with Crippen LogP contribution < -0.4 is 10.1 Å². The molecule has 0 aliphatic carbocycles. The Kier molecular flexibility index (Phi) is 4.89. The molecule has 1 N–H and O–H groups in total. The van der Waals surface area contributed by atoms with E-state index in [-0.39, 0.29) is 11.2 Å². The van der Waals surface area contributed by atoms with Crippen molar-refractivity contribution in [3.63, 3.8) is 0 Å². The number of methoxy groups -OCH3 is 1. The summed E-state index contributed by atoms with van der Waals surface area (Å²) >= 11 is 1.29. The first kappa shape index (κ1) is 17.2. The summed E-state index contributed by atoms with van der Waals surface area (Å²) in [5.74, 6) is 1.01. The number of para-hydroxylation sites is 2. The summed E-state index contributed by atoms with van der Waals surface area (Å²) in [6, 6.07) is 9.23. The lowest BCUT2D eigenvalue weighted by molar-refractivity contribution is -0.115. The van der Waals surface area contributed by atoms with Crippen molar-refractivity contribution in [1.29, 1.82) is 0 Å². The van der Waals surface area contributed by atoms with E-state index in [0.717, 1.165) is 11.4 Å². The molecule has 0 saturated carbocycles. The topological polar surface area (TPSA) is 81.4 Å². The van der Waals surface area contributed by atoms with E-state index in [4.69, 9.17) is 4.74 Å². The molecular formula is C17H19N5O2S. The van der Waals surface area contributed by atoms with Crippen molar-refractivity contribution in [2.45, 2.75) is 31.2 Å². The van der Waals surface area contributed by atoms with Crippen molar-refractivity contribution in [3.8, 4) is 5.75 Å². The zero-order valence-corrected chi connectivity index (χ0v) is 15.3. The minimum atomic E-state index is -0.372. The molecule has 0 bridgehead atoms. The second kappa shape index (κ2) is 7.10. The lowest BCUT2D eigenvalue weighted by atomic mass is 10.3. The second-order valence-electron chi connectivity index (χ2n) is 5.59. The molecule has 0 radical (unpaired) electrons. The molecule has 1 amide bonds. The van der Waals surface area contributed by atoms with Gasteiger partial charge in [0.05, 0.1) is 18.0 Å². The van der Waals surface area contributed by atoms with Crippen molar-refractivity contribution in [1.82, 2.24) is 19.6 Å². The number of hydrogen-bond acceptors (Lipinski definition) is 6. The van der Waals surface area contributed by atoms with Crippen LogP contribution >= 0.6 is 11.8 Å². The van der Waals surface area contributed by atoms with Gasteiger partial charge < -0.3 is 10.1 Å². The molecule has 1 aromatic carbocycles. The highest BCUT2D eigenvalue weighted by atomic mass is 32.2. The van der Waals surface area contributed by atoms with Gasteiger partial charge >= 0.3 is 0 Å². The van der Waals surface area contributed by atoms with Gasteiger partial charge in [0, 0.05) is 11.4 Å². The van der Waals surface area contributed by atoms with E-state index in [1.165, 1.54) is 11.8 Å². The first-order valence-corrected chi connectivity index (χ1v) is 8.67. The highest BCUT2D eigenvalue weighted by molar-refractivity contribution is 8.00. The molecule has 0 saturated heterocycles. The second-order valence-corrected chi connectivity index (χ2v) is 6.90. The number of amides is 1. The maximum absolute atomic E-state index is 12.5. The largest absolute Gasteiger partial charge is 0.495 e. The molecule has 3 aromatic rings. The Labute approximate surface area is 149 Å². The molecular weight excluding hydrogens is 338 g/mol. The van der Waals surface area contributed by atoms with Crippen molar-refractivity contribution in [2.24, 2.45) is 0 Å². The number of benzene rings is 1. The molecule has 0 unspecified atom stereocenters. The molecule has 25 heavy (non-hydrogen) atoms. The van der Waals surface area contributed by atoms with E-state index in [9.17, 15) is 4.79 Å². The highest BCUT2D eigenvalue weighted by Gasteiger charge is 2.19. The van der Waals surface area contributed by atoms with Crippen LogP contribution in [-0.4, -0.2) is 37.8 Å². The van der Waals surface area contributed by atoms with Gasteiger partial charge in [-0.2, -0.15) is 4.98 Å². The van der Waals surface area contributed by atoms with Gasteiger partial charge in [0.25, 0.3) is 5.78 Å². The number of anilines is 1. The molecule has 1 atom stereocenters. The number of nitrogens with one attached hydrogen (secondary N) is 1. The standard InChI is InChI=1S/C17H19N5O2S/c1-10-9-11(2)22-16(18-10)20-17(21-22)25-12(3)15(23)19-13-7-5-6-8-14(13)24-4/h5-9,12H,1-4H3,(H,19,23)/t12-/m1/s1. The Morgan fingerprint density at radius 1 is 1.28 bits per heavy atom. The van der Waals surface area contributed by atoms with E-state index in [1.807, 2.05) is 39.0 Å². The number of hydrogen-bond donors (Lipinski definition) is 1. The zero-order valence-electron chi connectivity index (χ0n) is 14.5. The van der Waals surface area contributed by atoms with Gasteiger partial charge in [-0.1, -0.05) is 23.9 Å². The van der Waals surface area contributed by atoms with Crippen LogP contribution in [0.15, 0.2) is 35.5 Å². The molecule has 2 aromatic heterocycles. The predicted octanol–water partition coefficient (Wildman–Crippen LogP) is 2.87. The van der Waals surface area contributed by atoms with Crippen molar-refractivity contribution < 1.29 is 9.53 Å². The molecule has 130 valence electrons. The van der Waals surface area contributed by atoms with Gasteiger partial charge in [0.2, 0.25) is 11.1 Å². The lowest BCUT2D eigenvalue weighted by Crippen LogP contribution is -2.22. The maximum atomic E-state index is 12.5. The number of ether oxygens (including phenoxy) is 1. The Bertz CT molecular complexity index is 925. The number of rotatable bonds is 5. The summed E-state index contributed by atoms with van der Waals surface area (Å²) in [6.45, 7) is 5.67. The summed E-state index contributed by atoms with van der Waals surface area (Å²) in [5.41, 5.74) is 2.47. The third-order valence-electron chi connectivity index (χ3n) is 3.62. The van der Waals surface area contributed by atoms with Crippen molar-refractivity contribution in [2.75, 3.05) is 12.4 Å². The zero-order chi connectivity index (χ0) is 18.0. The van der Waals surface area contributed by atoms with E-state index < -0.39 is 0 Å². The average Bonchev–Trinajstić information content (AvgIpc) is 2.97. The fourth-order valence-corrected chi connectivity index (χ4v) is 3.14. The Morgan fingerprint density at radius 2 is 2.04 bits per heavy atom. The van der Waals surface area contributed by atoms with Crippen molar-refractivity contribution >= 4 is 29.1 Å². The third-order valence-corrected chi connectivity index (χ3v) is 4.57. The maximum Gasteiger partial charge on any atom is 0.253 e. The summed E-state index contributed by atoms with van der Waals surface area (Å²) < 4.78 is 6.93. The van der Waals surface area contributed by atoms with Crippen LogP contribution in [0, 0.1) is 13.8 Å². The van der Waals surface area contributed by atoms with E-state index >= 15 is 0 Å². The van der Waals surface area contributed by atoms with Gasteiger partial charge in [-0.05, 0) is 39.0 Å². The smallest absolute Gasteiger partial charge is 0.253 e. The Hall–Kier alpha value is -2.61. The molecule has 0 spiro atoms. The molecule has 8 heteroatoms. The SMILES string of the molecule is COc1ccccc1NC(=O)[C@@H](C)Sc1nc2nc(C)cc(C)n2n1. The summed E-state index contributed by atoms with van der Waals surface area (Å²) in [4.78, 5) is 21.2. The number of carbonyl (C=O) groups excluding carboxylic acids is 1. The third kappa shape index (κ3) is 3.74. The van der Waals surface area contributed by atoms with Gasteiger partial charge in [-0.3, -0.25) is 4.79 Å². The lowest BCUT2D eigenvalue weighted by Gasteiger charge is -2.12. The van der Waals surface area contributed by atoms with E-state index in [1.54, 1.807) is 23.8 Å². The van der Waals surface area contributed by atoms with Crippen LogP contribution in [0.4, 0.5) is 5.69 Å². The number of aryl methyl sites for hydroxylation is 2. The van der Waals surface area contributed by atoms with Crippen LogP contribution in [0.1, 0.15) is 18.3 Å². The number of thioether (sulfide) groups is 1. The Morgan fingerprint density at radius 3 is 2.80 bits per heavy atom. The molecule has 0 aliphatic heterocycles. The molecule has 3 rings (SSSR count). The average molecular weight is 357 g/mol. The van der Waals surface area contributed by atoms with Crippen LogP contribution in [0.25, 0.3) is 5.78 Å². The Balaban J connectivity index is 1.74. The van der Waals surface area contributed by atoms with E-state index in [0.29, 0.717) is 22.4 Å². The quantitative estimate of drug-likeness (QED) is 0.707. The monoisotopic (exact) mass is 357 g/mol. The minimum absolute atomic E-state index is 0.144. The summed E-state index contributed by atoms with van der Waals surface area (Å²) in [7, 11) is 1.57. The predicted molar refractivity (Wildman–Crippen MR) is 97.2 cm³/mol. The van der Waals surface area contributed by atoms with Crippen LogP contribution in [0.3, 0.4) is 0 Å². The fourth-order valence-electron chi connectivity index (χ4n) is 2.39. The number of fused-ring (bicyclic) bond motifs is 1. The molecule has 7 nitrogen and oxygen atoms in total. The van der Waals surface area contributed by atoms with Crippen molar-refractivity contribution in [3.05, 3.63) is 41.7 Å². The molecule has 2 heterocycles. The first-order chi connectivity index (χ1) is 12.0. The van der Waals surface area contributed by atoms with E-state index in [2.05, 4.69) is 20.4 Å². The first-order valence-electron chi connectivity index (χ1n) is 7.79. The summed E-state index contributed by atoms with van der Waals surface area (Å²) in [5, 5.41) is 7.44.